The minimum Gasteiger partial charge on any atom is -0.310 e. The van der Waals surface area contributed by atoms with Crippen molar-refractivity contribution in [3.8, 4) is 45.7 Å². The molecule has 0 aliphatic heterocycles. The molecule has 0 radical (unpaired) electrons. The summed E-state index contributed by atoms with van der Waals surface area (Å²) < 4.78 is 0. The summed E-state index contributed by atoms with van der Waals surface area (Å²) in [6.45, 7) is 6.88. The summed E-state index contributed by atoms with van der Waals surface area (Å²) in [4.78, 5) is 2.47. The fourth-order valence-corrected chi connectivity index (χ4v) is 10.6. The van der Waals surface area contributed by atoms with Crippen molar-refractivity contribution in [3.63, 3.8) is 0 Å². The number of fused-ring (bicyclic) bond motifs is 13. The molecule has 0 bridgehead atoms. The van der Waals surface area contributed by atoms with Crippen molar-refractivity contribution >= 4 is 22.6 Å². The first-order valence-electron chi connectivity index (χ1n) is 19.9. The Morgan fingerprint density at radius 2 is 1.02 bits per heavy atom. The minimum atomic E-state index is -0.387. The van der Waals surface area contributed by atoms with Crippen molar-refractivity contribution in [2.45, 2.75) is 44.4 Å². The maximum absolute atomic E-state index is 6.09. The van der Waals surface area contributed by atoms with Crippen LogP contribution in [0.3, 0.4) is 0 Å². The third kappa shape index (κ3) is 4.33. The first-order chi connectivity index (χ1) is 27.4. The van der Waals surface area contributed by atoms with Crippen LogP contribution in [0, 0.1) is 19.3 Å². The van der Waals surface area contributed by atoms with Crippen LogP contribution in [0.1, 0.15) is 71.2 Å². The van der Waals surface area contributed by atoms with Crippen LogP contribution in [0.2, 0.25) is 0 Å². The molecule has 0 amide bonds. The normalized spacial score (nSPS) is 17.5. The van der Waals surface area contributed by atoms with Gasteiger partial charge in [-0.25, -0.2) is 0 Å². The number of nitrogens with zero attached hydrogens (tertiary/aromatic N) is 1. The smallest absolute Gasteiger partial charge is 0.0723 e. The van der Waals surface area contributed by atoms with Crippen LogP contribution in [-0.4, -0.2) is 0 Å². The highest BCUT2D eigenvalue weighted by Crippen LogP contribution is 2.65. The molecule has 0 saturated carbocycles. The summed E-state index contributed by atoms with van der Waals surface area (Å²) in [6.07, 6.45) is 13.2. The molecule has 0 aromatic heterocycles. The van der Waals surface area contributed by atoms with Crippen LogP contribution in [-0.2, 0) is 10.8 Å². The Labute approximate surface area is 330 Å². The number of hydrogen-bond donors (Lipinski definition) is 0. The van der Waals surface area contributed by atoms with Gasteiger partial charge in [-0.2, -0.15) is 0 Å². The summed E-state index contributed by atoms with van der Waals surface area (Å²) in [7, 11) is 0. The van der Waals surface area contributed by atoms with Gasteiger partial charge in [0.2, 0.25) is 0 Å². The zero-order chi connectivity index (χ0) is 37.8. The Balaban J connectivity index is 1.18. The third-order valence-electron chi connectivity index (χ3n) is 13.1. The summed E-state index contributed by atoms with van der Waals surface area (Å²) in [5.74, 6) is 2.95. The molecule has 0 heterocycles. The Hall–Kier alpha value is -6.62. The van der Waals surface area contributed by atoms with Crippen LogP contribution in [0.25, 0.3) is 39.0 Å². The Morgan fingerprint density at radius 1 is 0.482 bits per heavy atom. The molecule has 0 N–H and O–H groups in total. The maximum Gasteiger partial charge on any atom is 0.0723 e. The van der Waals surface area contributed by atoms with Crippen LogP contribution < -0.4 is 4.90 Å². The zero-order valence-corrected chi connectivity index (χ0v) is 32.0. The van der Waals surface area contributed by atoms with E-state index in [1.54, 1.807) is 0 Å². The number of rotatable bonds is 4. The number of aryl methyl sites for hydroxylation is 1. The molecule has 4 aliphatic rings. The summed E-state index contributed by atoms with van der Waals surface area (Å²) in [6, 6.07) is 56.7. The fraction of sp³-hybridized carbons (Fsp3) is 0.127. The first-order valence-corrected chi connectivity index (χ1v) is 19.9. The van der Waals surface area contributed by atoms with E-state index in [2.05, 4.69) is 183 Å². The van der Waals surface area contributed by atoms with Gasteiger partial charge < -0.3 is 4.90 Å². The van der Waals surface area contributed by atoms with Gasteiger partial charge in [-0.3, -0.25) is 0 Å². The molecule has 1 spiro atoms. The van der Waals surface area contributed by atoms with Crippen molar-refractivity contribution in [3.05, 3.63) is 214 Å². The predicted molar refractivity (Wildman–Crippen MR) is 234 cm³/mol. The lowest BCUT2D eigenvalue weighted by Crippen LogP contribution is -2.26. The molecular formula is C55H41N. The second kappa shape index (κ2) is 11.9. The molecule has 7 aromatic carbocycles. The van der Waals surface area contributed by atoms with Crippen molar-refractivity contribution < 1.29 is 0 Å². The lowest BCUT2D eigenvalue weighted by Gasteiger charge is -2.33. The molecule has 1 heteroatoms. The van der Waals surface area contributed by atoms with Gasteiger partial charge in [0.15, 0.2) is 0 Å². The number of benzene rings is 7. The van der Waals surface area contributed by atoms with Crippen LogP contribution in [0.4, 0.5) is 17.1 Å². The van der Waals surface area contributed by atoms with Crippen molar-refractivity contribution in [1.29, 1.82) is 0 Å². The molecule has 1 atom stereocenters. The van der Waals surface area contributed by atoms with Gasteiger partial charge in [0.25, 0.3) is 0 Å². The highest BCUT2D eigenvalue weighted by atomic mass is 15.1. The van der Waals surface area contributed by atoms with Gasteiger partial charge in [0.1, 0.15) is 0 Å². The lowest BCUT2D eigenvalue weighted by molar-refractivity contribution is 0.660. The van der Waals surface area contributed by atoms with E-state index >= 15 is 0 Å². The first kappa shape index (κ1) is 32.8. The molecule has 1 nitrogen and oxygen atoms in total. The molecule has 0 fully saturated rings. The zero-order valence-electron chi connectivity index (χ0n) is 32.0. The highest BCUT2D eigenvalue weighted by Gasteiger charge is 2.53. The fourth-order valence-electron chi connectivity index (χ4n) is 10.6. The van der Waals surface area contributed by atoms with Crippen LogP contribution >= 0.6 is 0 Å². The third-order valence-corrected chi connectivity index (χ3v) is 13.1. The average molecular weight is 716 g/mol. The molecule has 266 valence electrons. The lowest BCUT2D eigenvalue weighted by atomic mass is 9.69. The topological polar surface area (TPSA) is 3.24 Å². The number of allylic oxidation sites excluding steroid dienone is 4. The van der Waals surface area contributed by atoms with Gasteiger partial charge >= 0.3 is 0 Å². The quantitative estimate of drug-likeness (QED) is 0.164. The van der Waals surface area contributed by atoms with E-state index < -0.39 is 0 Å². The summed E-state index contributed by atoms with van der Waals surface area (Å²) >= 11 is 0. The molecule has 56 heavy (non-hydrogen) atoms. The molecule has 4 aliphatic carbocycles. The van der Waals surface area contributed by atoms with E-state index in [-0.39, 0.29) is 10.8 Å². The molecule has 1 unspecified atom stereocenters. The summed E-state index contributed by atoms with van der Waals surface area (Å²) in [5.41, 5.74) is 23.5. The monoisotopic (exact) mass is 715 g/mol. The SMILES string of the molecule is C#Cc1ccccc1-c1cc(N(c2ccc3c(c2)-c2ccccc2C3(C)C)c2ccc3c(c2)C2(C4=CCCC=C4c4ccccc42)c2ccccc2-3)ccc1C. The highest BCUT2D eigenvalue weighted by molar-refractivity contribution is 6.01. The summed E-state index contributed by atoms with van der Waals surface area (Å²) in [5, 5.41) is 0. The van der Waals surface area contributed by atoms with Crippen molar-refractivity contribution in [2.24, 2.45) is 0 Å². The average Bonchev–Trinajstić information content (AvgIpc) is 3.80. The van der Waals surface area contributed by atoms with Gasteiger partial charge in [-0.05, 0) is 146 Å². The van der Waals surface area contributed by atoms with E-state index in [0.717, 1.165) is 46.6 Å². The van der Waals surface area contributed by atoms with Crippen molar-refractivity contribution in [2.75, 3.05) is 4.90 Å². The standard InChI is InChI=1S/C55H41N/c1-5-36-16-6-7-17-40(36)46-32-37(27-26-35(46)2)56(38-29-31-49-47(33-38)44-21-8-12-22-48(44)54(49,3)4)39-28-30-45-43-20-11-15-25-52(43)55(53(45)34-39)50-23-13-9-18-41(50)42-19-10-14-24-51(42)55/h1,6-9,11-13,15-34H,10,14H2,2-4H3. The van der Waals surface area contributed by atoms with E-state index in [0.29, 0.717) is 0 Å². The number of hydrogen-bond acceptors (Lipinski definition) is 1. The van der Waals surface area contributed by atoms with Crippen LogP contribution in [0.15, 0.2) is 169 Å². The molecular weight excluding hydrogens is 675 g/mol. The molecule has 11 rings (SSSR count). The minimum absolute atomic E-state index is 0.0776. The Kier molecular flexibility index (Phi) is 6.99. The molecule has 7 aromatic rings. The van der Waals surface area contributed by atoms with Gasteiger partial charge in [-0.15, -0.1) is 6.42 Å². The Morgan fingerprint density at radius 3 is 1.79 bits per heavy atom. The van der Waals surface area contributed by atoms with E-state index in [1.807, 2.05) is 12.1 Å². The van der Waals surface area contributed by atoms with E-state index in [1.165, 1.54) is 72.3 Å². The maximum atomic E-state index is 6.09. The Bertz CT molecular complexity index is 2930. The van der Waals surface area contributed by atoms with Crippen molar-refractivity contribution in [1.82, 2.24) is 0 Å². The number of anilines is 3. The van der Waals surface area contributed by atoms with Gasteiger partial charge in [0, 0.05) is 28.0 Å². The second-order valence-electron chi connectivity index (χ2n) is 16.3. The second-order valence-corrected chi connectivity index (χ2v) is 16.3. The van der Waals surface area contributed by atoms with Crippen LogP contribution in [0.5, 0.6) is 0 Å². The van der Waals surface area contributed by atoms with Gasteiger partial charge in [-0.1, -0.05) is 141 Å². The number of terminal acetylenes is 1. The van der Waals surface area contributed by atoms with E-state index in [4.69, 9.17) is 6.42 Å². The van der Waals surface area contributed by atoms with E-state index in [9.17, 15) is 0 Å². The largest absolute Gasteiger partial charge is 0.310 e. The predicted octanol–water partition coefficient (Wildman–Crippen LogP) is 13.9. The van der Waals surface area contributed by atoms with Gasteiger partial charge in [0.05, 0.1) is 5.41 Å². The molecule has 0 saturated heterocycles.